The Kier molecular flexibility index (Phi) is 14.4. The molecule has 5 aliphatic heterocycles. The molecule has 5 aliphatic rings. The smallest absolute Gasteiger partial charge is 0.243 e. The first-order valence-electron chi connectivity index (χ1n) is 25.7. The maximum Gasteiger partial charge on any atom is 0.243 e. The van der Waals surface area contributed by atoms with Crippen molar-refractivity contribution in [2.24, 2.45) is 11.8 Å². The van der Waals surface area contributed by atoms with E-state index in [0.29, 0.717) is 59.0 Å². The van der Waals surface area contributed by atoms with E-state index in [0.717, 1.165) is 81.9 Å². The number of aromatic nitrogens is 4. The molecule has 0 aliphatic carbocycles. The number of fused-ring (bicyclic) bond motifs is 2. The molecule has 2 amide bonds. The molecule has 8 atom stereocenters. The van der Waals surface area contributed by atoms with Gasteiger partial charge in [-0.2, -0.15) is 5.26 Å². The number of aliphatic hydroxyl groups excluding tert-OH is 1. The number of rotatable bonds is 14. The van der Waals surface area contributed by atoms with E-state index < -0.39 is 30.3 Å². The Morgan fingerprint density at radius 1 is 0.932 bits per heavy atom. The number of likely N-dealkylation sites (tertiary alicyclic amines) is 2. The average molecular weight is 997 g/mol. The molecular weight excluding hydrogens is 932 g/mol. The van der Waals surface area contributed by atoms with Crippen LogP contribution < -0.4 is 30.5 Å². The average Bonchev–Trinajstić information content (AvgIpc) is 4.10. The third-order valence-corrected chi connectivity index (χ3v) is 15.6. The van der Waals surface area contributed by atoms with Gasteiger partial charge in [-0.25, -0.2) is 9.37 Å². The summed E-state index contributed by atoms with van der Waals surface area (Å²) >= 11 is 0. The molecule has 384 valence electrons. The number of pyridine rings is 1. The number of nitrogen functional groups attached to an aromatic ring is 1. The number of carbonyl (C=O) groups excluding carboxylic acids is 2. The topological polar surface area (TPSA) is 227 Å². The van der Waals surface area contributed by atoms with E-state index in [1.807, 2.05) is 57.2 Å². The molecule has 3 aromatic heterocycles. The lowest BCUT2D eigenvalue weighted by Gasteiger charge is -2.43. The predicted molar refractivity (Wildman–Crippen MR) is 273 cm³/mol. The van der Waals surface area contributed by atoms with Crippen LogP contribution in [0.1, 0.15) is 88.1 Å². The molecule has 2 aromatic carbocycles. The Labute approximate surface area is 424 Å². The number of β-amino-alcohol motifs (C(OH)–C–C–N with tert-alkyl or cyclic N) is 1. The Morgan fingerprint density at radius 3 is 2.40 bits per heavy atom. The number of piperazine rings is 1. The van der Waals surface area contributed by atoms with Crippen LogP contribution in [0.4, 0.5) is 27.4 Å². The van der Waals surface area contributed by atoms with E-state index >= 15 is 4.39 Å². The Morgan fingerprint density at radius 2 is 1.68 bits per heavy atom. The number of hydrogen-bond acceptors (Lipinski definition) is 16. The fourth-order valence-electron chi connectivity index (χ4n) is 11.8. The van der Waals surface area contributed by atoms with E-state index in [1.165, 1.54) is 4.90 Å². The molecule has 19 heteroatoms. The molecule has 5 saturated heterocycles. The van der Waals surface area contributed by atoms with Crippen LogP contribution in [0.5, 0.6) is 11.6 Å². The summed E-state index contributed by atoms with van der Waals surface area (Å²) in [5.41, 5.74) is 10.7. The fourth-order valence-corrected chi connectivity index (χ4v) is 11.8. The van der Waals surface area contributed by atoms with Gasteiger partial charge in [0.25, 0.3) is 0 Å². The van der Waals surface area contributed by atoms with Gasteiger partial charge in [-0.3, -0.25) is 14.5 Å². The number of halogens is 1. The van der Waals surface area contributed by atoms with Crippen LogP contribution in [0.25, 0.3) is 11.3 Å². The number of nitriles is 1. The number of para-hydroxylation sites is 1. The second-order valence-corrected chi connectivity index (χ2v) is 20.9. The van der Waals surface area contributed by atoms with Gasteiger partial charge in [0.1, 0.15) is 30.0 Å². The maximum atomic E-state index is 16.0. The van der Waals surface area contributed by atoms with Crippen molar-refractivity contribution in [3.05, 3.63) is 95.9 Å². The predicted octanol–water partition coefficient (Wildman–Crippen LogP) is 5.83. The number of carbonyl (C=O) groups is 2. The quantitative estimate of drug-likeness (QED) is 0.103. The number of anilines is 4. The van der Waals surface area contributed by atoms with Crippen LogP contribution in [0, 0.1) is 23.2 Å². The molecule has 0 spiro atoms. The van der Waals surface area contributed by atoms with Gasteiger partial charge in [0.2, 0.25) is 17.7 Å². The first-order valence-corrected chi connectivity index (χ1v) is 25.7. The second-order valence-electron chi connectivity index (χ2n) is 20.9. The lowest BCUT2D eigenvalue weighted by atomic mass is 9.91. The molecule has 2 bridgehead atoms. The summed E-state index contributed by atoms with van der Waals surface area (Å²) in [6.45, 7) is 10.5. The number of alkyl halides is 1. The molecule has 8 heterocycles. The second kappa shape index (κ2) is 21.2. The molecule has 0 saturated carbocycles. The number of phenolic OH excluding ortho intramolecular Hbond substituents is 1. The number of aromatic hydroxyl groups is 1. The third-order valence-electron chi connectivity index (χ3n) is 15.6. The summed E-state index contributed by atoms with van der Waals surface area (Å²) in [6.07, 6.45) is 3.62. The van der Waals surface area contributed by atoms with Crippen molar-refractivity contribution in [2.75, 3.05) is 72.8 Å². The van der Waals surface area contributed by atoms with E-state index in [9.17, 15) is 19.8 Å². The minimum Gasteiger partial charge on any atom is -0.507 e. The molecule has 18 nitrogen and oxygen atoms in total. The molecule has 73 heavy (non-hydrogen) atoms. The zero-order chi connectivity index (χ0) is 50.9. The summed E-state index contributed by atoms with van der Waals surface area (Å²) in [6, 6.07) is 23.0. The number of nitrogens with two attached hydrogens (primary N) is 1. The summed E-state index contributed by atoms with van der Waals surface area (Å²) in [5.74, 6) is 0.824. The number of piperidine rings is 2. The molecule has 5 fully saturated rings. The Hall–Kier alpha value is -7.04. The molecule has 0 radical (unpaired) electrons. The molecule has 5 N–H and O–H groups in total. The van der Waals surface area contributed by atoms with Gasteiger partial charge < -0.3 is 50.1 Å². The van der Waals surface area contributed by atoms with E-state index in [2.05, 4.69) is 51.3 Å². The van der Waals surface area contributed by atoms with E-state index in [4.69, 9.17) is 20.3 Å². The van der Waals surface area contributed by atoms with Crippen molar-refractivity contribution in [3.63, 3.8) is 0 Å². The molecule has 2 unspecified atom stereocenters. The number of aliphatic hydroxyl groups is 1. The summed E-state index contributed by atoms with van der Waals surface area (Å²) in [5, 5.41) is 46.2. The number of benzene rings is 2. The first kappa shape index (κ1) is 49.5. The van der Waals surface area contributed by atoms with Crippen LogP contribution in [0.15, 0.2) is 83.5 Å². The molecule has 5 aromatic rings. The van der Waals surface area contributed by atoms with Crippen molar-refractivity contribution in [1.29, 1.82) is 5.26 Å². The van der Waals surface area contributed by atoms with Crippen molar-refractivity contribution < 1.29 is 33.5 Å². The number of amides is 2. The van der Waals surface area contributed by atoms with Gasteiger partial charge in [0.05, 0.1) is 35.2 Å². The highest BCUT2D eigenvalue weighted by Gasteiger charge is 2.45. The van der Waals surface area contributed by atoms with Crippen molar-refractivity contribution in [1.82, 2.24) is 35.5 Å². The van der Waals surface area contributed by atoms with Gasteiger partial charge >= 0.3 is 0 Å². The number of nitrogens with one attached hydrogen (secondary N) is 1. The van der Waals surface area contributed by atoms with E-state index in [-0.39, 0.29) is 54.6 Å². The zero-order valence-corrected chi connectivity index (χ0v) is 41.6. The van der Waals surface area contributed by atoms with Gasteiger partial charge in [-0.1, -0.05) is 43.3 Å². The van der Waals surface area contributed by atoms with Crippen molar-refractivity contribution in [2.45, 2.75) is 108 Å². The van der Waals surface area contributed by atoms with Crippen molar-refractivity contribution in [3.8, 4) is 29.0 Å². The molecular formula is C54H65FN12O6. The summed E-state index contributed by atoms with van der Waals surface area (Å²) in [4.78, 5) is 43.0. The van der Waals surface area contributed by atoms with Crippen LogP contribution in [0.3, 0.4) is 0 Å². The van der Waals surface area contributed by atoms with Gasteiger partial charge in [0.15, 0.2) is 17.4 Å². The Balaban J connectivity index is 0.695. The molecule has 10 rings (SSSR count). The van der Waals surface area contributed by atoms with Gasteiger partial charge in [-0.05, 0) is 92.8 Å². The van der Waals surface area contributed by atoms with Crippen LogP contribution in [-0.4, -0.2) is 141 Å². The lowest BCUT2D eigenvalue weighted by molar-refractivity contribution is -0.141. The zero-order valence-electron chi connectivity index (χ0n) is 41.6. The van der Waals surface area contributed by atoms with Crippen LogP contribution in [0.2, 0.25) is 0 Å². The third kappa shape index (κ3) is 10.6. The summed E-state index contributed by atoms with van der Waals surface area (Å²) < 4.78 is 28.2. The first-order chi connectivity index (χ1) is 35.3. The maximum absolute atomic E-state index is 16.0. The lowest BCUT2D eigenvalue weighted by Crippen LogP contribution is -2.54. The van der Waals surface area contributed by atoms with Crippen LogP contribution in [-0.2, 0) is 9.59 Å². The normalized spacial score (nSPS) is 24.4. The standard InChI is InChI=1S/C54H65FN12O6/c1-32(2)51(54(71)66-30-40(68)23-45(66)53(70)59-33(3)36-10-8-34(26-56)9-11-36)48-25-49(62-73-48)64-20-15-35(16-21-64)27-63-19-17-47(42(55)31-63)72-50-22-37(14-18-58-50)67-38-12-13-39(67)29-65(28-38)44-24-43(60-61-52(44)57)41-6-4-5-7-46(41)69/h4-11,14,18,22,24-25,32-33,35,38-40,42,45,47,51,68-69H,12-13,15-17,19-21,23,27-31H2,1-3H3,(H2,57,61)(H,59,70)/t33-,38?,39?,40+,42-,45-,47+,51+/m0/s1. The monoisotopic (exact) mass is 997 g/mol. The van der Waals surface area contributed by atoms with Crippen LogP contribution >= 0.6 is 0 Å². The minimum absolute atomic E-state index is 0.0366. The number of nitrogens with zero attached hydrogens (tertiary/aromatic N) is 10. The summed E-state index contributed by atoms with van der Waals surface area (Å²) in [7, 11) is 0. The fraction of sp³-hybridized carbons (Fsp3) is 0.500. The largest absolute Gasteiger partial charge is 0.507 e. The Bertz CT molecular complexity index is 2790. The van der Waals surface area contributed by atoms with Crippen molar-refractivity contribution >= 4 is 34.8 Å². The number of hydrogen-bond donors (Lipinski definition) is 4. The van der Waals surface area contributed by atoms with E-state index in [1.54, 1.807) is 42.6 Å². The minimum atomic E-state index is -1.17. The van der Waals surface area contributed by atoms with Gasteiger partial charge in [-0.15, -0.1) is 10.2 Å². The highest BCUT2D eigenvalue weighted by Crippen LogP contribution is 2.40. The van der Waals surface area contributed by atoms with Gasteiger partial charge in [0, 0.05) is 100 Å². The number of phenols is 1. The highest BCUT2D eigenvalue weighted by molar-refractivity contribution is 5.91. The highest BCUT2D eigenvalue weighted by atomic mass is 19.1. The SMILES string of the molecule is CC(C)[C@@H](C(=O)N1C[C@H](O)C[C@H]1C(=O)N[C@@H](C)c1ccc(C#N)cc1)c1cc(N2CCC(CN3CC[C@@H](Oc4cc(N5C6CCC5CN(c5cc(-c7ccccc7O)nnc5N)C6)ccn4)[C@@H](F)C3)CC2)no1. The number of ether oxygens (including phenoxy) is 1.